The summed E-state index contributed by atoms with van der Waals surface area (Å²) in [7, 11) is 0. The number of rotatable bonds is 2. The fourth-order valence-electron chi connectivity index (χ4n) is 2.79. The summed E-state index contributed by atoms with van der Waals surface area (Å²) in [6.45, 7) is 0. The highest BCUT2D eigenvalue weighted by Crippen LogP contribution is 2.30. The van der Waals surface area contributed by atoms with Gasteiger partial charge in [-0.05, 0) is 48.7 Å². The summed E-state index contributed by atoms with van der Waals surface area (Å²) in [5, 5.41) is 1.20. The summed E-state index contributed by atoms with van der Waals surface area (Å²) in [6, 6.07) is 21.2. The van der Waals surface area contributed by atoms with Crippen molar-refractivity contribution in [3.05, 3.63) is 66.9 Å². The highest BCUT2D eigenvalue weighted by Gasteiger charge is 2.11. The molecule has 0 radical (unpaired) electrons. The molecule has 4 rings (SSSR count). The van der Waals surface area contributed by atoms with Gasteiger partial charge >= 0.3 is 0 Å². The van der Waals surface area contributed by atoms with E-state index in [4.69, 9.17) is 0 Å². The van der Waals surface area contributed by atoms with Gasteiger partial charge in [0.1, 0.15) is 0 Å². The molecule has 0 aliphatic heterocycles. The van der Waals surface area contributed by atoms with Crippen LogP contribution in [-0.4, -0.2) is 15.8 Å². The maximum atomic E-state index is 4.56. The third-order valence-electron chi connectivity index (χ3n) is 3.76. The van der Waals surface area contributed by atoms with E-state index < -0.39 is 0 Å². The molecule has 21 heavy (non-hydrogen) atoms. The molecule has 0 saturated carbocycles. The minimum absolute atomic E-state index is 1.06. The number of hydrogen-bond acceptors (Lipinski definition) is 2. The van der Waals surface area contributed by atoms with Crippen LogP contribution in [0.4, 0.5) is 0 Å². The Morgan fingerprint density at radius 1 is 0.857 bits per heavy atom. The zero-order valence-electron chi connectivity index (χ0n) is 11.7. The van der Waals surface area contributed by atoms with E-state index in [1.54, 1.807) is 11.8 Å². The van der Waals surface area contributed by atoms with Crippen LogP contribution < -0.4 is 0 Å². The Hall–Kier alpha value is -2.26. The first-order chi connectivity index (χ1) is 10.4. The van der Waals surface area contributed by atoms with Crippen molar-refractivity contribution in [2.45, 2.75) is 4.90 Å². The quantitative estimate of drug-likeness (QED) is 0.489. The molecule has 0 amide bonds. The second-order valence-corrected chi connectivity index (χ2v) is 5.80. The summed E-state index contributed by atoms with van der Waals surface area (Å²) < 4.78 is 2.28. The number of pyridine rings is 1. The van der Waals surface area contributed by atoms with Crippen LogP contribution in [0.15, 0.2) is 71.8 Å². The SMILES string of the molecule is CSc1ccc(-n2c3ccccc3c3ncccc32)cc1. The smallest absolute Gasteiger partial charge is 0.0963 e. The normalized spacial score (nSPS) is 11.3. The van der Waals surface area contributed by atoms with Gasteiger partial charge in [-0.1, -0.05) is 18.2 Å². The number of thioether (sulfide) groups is 1. The highest BCUT2D eigenvalue weighted by atomic mass is 32.2. The Balaban J connectivity index is 2.09. The molecular weight excluding hydrogens is 276 g/mol. The Kier molecular flexibility index (Phi) is 2.93. The van der Waals surface area contributed by atoms with Crippen LogP contribution in [-0.2, 0) is 0 Å². The second-order valence-electron chi connectivity index (χ2n) is 4.92. The maximum Gasteiger partial charge on any atom is 0.0963 e. The van der Waals surface area contributed by atoms with Gasteiger partial charge in [-0.25, -0.2) is 0 Å². The first kappa shape index (κ1) is 12.5. The van der Waals surface area contributed by atoms with E-state index in [9.17, 15) is 0 Å². The average molecular weight is 290 g/mol. The molecule has 0 aliphatic carbocycles. The topological polar surface area (TPSA) is 17.8 Å². The van der Waals surface area contributed by atoms with Gasteiger partial charge in [0, 0.05) is 22.2 Å². The lowest BCUT2D eigenvalue weighted by Crippen LogP contribution is -1.93. The fraction of sp³-hybridized carbons (Fsp3) is 0.0556. The van der Waals surface area contributed by atoms with Crippen LogP contribution in [0.25, 0.3) is 27.6 Å². The molecule has 2 aromatic heterocycles. The largest absolute Gasteiger partial charge is 0.308 e. The molecule has 0 atom stereocenters. The standard InChI is InChI=1S/C18H14N2S/c1-21-14-10-8-13(9-11-14)20-16-6-3-2-5-15(16)18-17(20)7-4-12-19-18/h2-12H,1H3. The molecule has 2 nitrogen and oxygen atoms in total. The molecule has 102 valence electrons. The summed E-state index contributed by atoms with van der Waals surface area (Å²) in [5.41, 5.74) is 4.58. The molecule has 0 unspecified atom stereocenters. The van der Waals surface area contributed by atoms with Crippen molar-refractivity contribution in [3.8, 4) is 5.69 Å². The zero-order valence-corrected chi connectivity index (χ0v) is 12.5. The lowest BCUT2D eigenvalue weighted by molar-refractivity contribution is 1.17. The minimum atomic E-state index is 1.06. The number of benzene rings is 2. The zero-order chi connectivity index (χ0) is 14.2. The lowest BCUT2D eigenvalue weighted by atomic mass is 10.2. The third-order valence-corrected chi connectivity index (χ3v) is 4.50. The summed E-state index contributed by atoms with van der Waals surface area (Å²) in [4.78, 5) is 5.84. The van der Waals surface area contributed by atoms with Gasteiger partial charge < -0.3 is 4.57 Å². The van der Waals surface area contributed by atoms with E-state index in [1.165, 1.54) is 21.5 Å². The Morgan fingerprint density at radius 2 is 1.62 bits per heavy atom. The van der Waals surface area contributed by atoms with Crippen molar-refractivity contribution in [1.82, 2.24) is 9.55 Å². The number of nitrogens with zero attached hydrogens (tertiary/aromatic N) is 2. The van der Waals surface area contributed by atoms with Gasteiger partial charge in [0.05, 0.1) is 16.6 Å². The molecule has 3 heteroatoms. The monoisotopic (exact) mass is 290 g/mol. The molecule has 0 spiro atoms. The Morgan fingerprint density at radius 3 is 2.43 bits per heavy atom. The minimum Gasteiger partial charge on any atom is -0.308 e. The molecule has 0 fully saturated rings. The fourth-order valence-corrected chi connectivity index (χ4v) is 3.20. The van der Waals surface area contributed by atoms with E-state index in [2.05, 4.69) is 70.4 Å². The van der Waals surface area contributed by atoms with Gasteiger partial charge in [0.15, 0.2) is 0 Å². The molecule has 2 heterocycles. The van der Waals surface area contributed by atoms with E-state index in [-0.39, 0.29) is 0 Å². The Bertz CT molecular complexity index is 870. The van der Waals surface area contributed by atoms with Crippen molar-refractivity contribution in [2.24, 2.45) is 0 Å². The van der Waals surface area contributed by atoms with Crippen molar-refractivity contribution in [1.29, 1.82) is 0 Å². The van der Waals surface area contributed by atoms with E-state index in [1.807, 2.05) is 12.3 Å². The van der Waals surface area contributed by atoms with E-state index in [0.29, 0.717) is 0 Å². The molecule has 0 bridgehead atoms. The van der Waals surface area contributed by atoms with Crippen LogP contribution in [0.3, 0.4) is 0 Å². The van der Waals surface area contributed by atoms with Crippen LogP contribution in [0.5, 0.6) is 0 Å². The lowest BCUT2D eigenvalue weighted by Gasteiger charge is -2.08. The second kappa shape index (κ2) is 4.93. The average Bonchev–Trinajstić information content (AvgIpc) is 2.90. The number of fused-ring (bicyclic) bond motifs is 3. The number of aromatic nitrogens is 2. The van der Waals surface area contributed by atoms with Crippen molar-refractivity contribution in [3.63, 3.8) is 0 Å². The molecule has 0 aliphatic rings. The molecule has 0 N–H and O–H groups in total. The molecule has 4 aromatic rings. The third kappa shape index (κ3) is 1.93. The summed E-state index contributed by atoms with van der Waals surface area (Å²) >= 11 is 1.76. The van der Waals surface area contributed by atoms with Crippen molar-refractivity contribution >= 4 is 33.7 Å². The van der Waals surface area contributed by atoms with Gasteiger partial charge in [-0.15, -0.1) is 11.8 Å². The van der Waals surface area contributed by atoms with Gasteiger partial charge in [0.2, 0.25) is 0 Å². The highest BCUT2D eigenvalue weighted by molar-refractivity contribution is 7.98. The van der Waals surface area contributed by atoms with E-state index in [0.717, 1.165) is 11.0 Å². The van der Waals surface area contributed by atoms with Crippen LogP contribution in [0.2, 0.25) is 0 Å². The number of para-hydroxylation sites is 1. The predicted octanol–water partition coefficient (Wildman–Crippen LogP) is 4.90. The van der Waals surface area contributed by atoms with Gasteiger partial charge in [-0.2, -0.15) is 0 Å². The Labute approximate surface area is 127 Å². The van der Waals surface area contributed by atoms with Crippen LogP contribution in [0, 0.1) is 0 Å². The molecule has 2 aromatic carbocycles. The van der Waals surface area contributed by atoms with Crippen LogP contribution in [0.1, 0.15) is 0 Å². The summed E-state index contributed by atoms with van der Waals surface area (Å²) in [6.07, 6.45) is 3.95. The molecular formula is C18H14N2S. The van der Waals surface area contributed by atoms with Gasteiger partial charge in [0.25, 0.3) is 0 Å². The van der Waals surface area contributed by atoms with E-state index >= 15 is 0 Å². The number of hydrogen-bond donors (Lipinski definition) is 0. The van der Waals surface area contributed by atoms with Crippen molar-refractivity contribution < 1.29 is 0 Å². The summed E-state index contributed by atoms with van der Waals surface area (Å²) in [5.74, 6) is 0. The van der Waals surface area contributed by atoms with Crippen LogP contribution >= 0.6 is 11.8 Å². The first-order valence-electron chi connectivity index (χ1n) is 6.87. The molecule has 0 saturated heterocycles. The predicted molar refractivity (Wildman–Crippen MR) is 90.4 cm³/mol. The van der Waals surface area contributed by atoms with Crippen molar-refractivity contribution in [2.75, 3.05) is 6.26 Å². The maximum absolute atomic E-state index is 4.56. The van der Waals surface area contributed by atoms with Gasteiger partial charge in [-0.3, -0.25) is 4.98 Å². The first-order valence-corrected chi connectivity index (χ1v) is 8.09.